The van der Waals surface area contributed by atoms with Crippen LogP contribution in [0, 0.1) is 5.92 Å². The van der Waals surface area contributed by atoms with Crippen LogP contribution in [0.25, 0.3) is 0 Å². The Labute approximate surface area is 134 Å². The van der Waals surface area contributed by atoms with E-state index in [2.05, 4.69) is 26.1 Å². The highest BCUT2D eigenvalue weighted by Crippen LogP contribution is 2.31. The average Bonchev–Trinajstić information content (AvgIpc) is 2.48. The molecule has 0 unspecified atom stereocenters. The minimum atomic E-state index is 0.367. The molecule has 0 heterocycles. The fraction of sp³-hybridized carbons (Fsp3) is 0.667. The first kappa shape index (κ1) is 16.6. The van der Waals surface area contributed by atoms with Crippen molar-refractivity contribution < 1.29 is 4.74 Å². The van der Waals surface area contributed by atoms with Crippen molar-refractivity contribution in [3.05, 3.63) is 28.8 Å². The molecule has 0 saturated heterocycles. The monoisotopic (exact) mass is 309 g/mol. The topological polar surface area (TPSA) is 21.3 Å². The lowest BCUT2D eigenvalue weighted by atomic mass is 9.86. The lowest BCUT2D eigenvalue weighted by molar-refractivity contribution is 0.128. The van der Waals surface area contributed by atoms with Gasteiger partial charge in [-0.05, 0) is 49.8 Å². The van der Waals surface area contributed by atoms with Gasteiger partial charge in [-0.15, -0.1) is 0 Å². The molecule has 0 atom stereocenters. The highest BCUT2D eigenvalue weighted by Gasteiger charge is 2.22. The molecule has 0 aromatic heterocycles. The maximum atomic E-state index is 6.27. The molecule has 1 aromatic carbocycles. The van der Waals surface area contributed by atoms with Crippen molar-refractivity contribution in [2.45, 2.75) is 71.6 Å². The van der Waals surface area contributed by atoms with E-state index in [9.17, 15) is 0 Å². The first-order valence-corrected chi connectivity index (χ1v) is 8.64. The van der Waals surface area contributed by atoms with Gasteiger partial charge in [0, 0.05) is 23.2 Å². The van der Waals surface area contributed by atoms with Gasteiger partial charge in [0.15, 0.2) is 0 Å². The van der Waals surface area contributed by atoms with Crippen molar-refractivity contribution in [1.82, 2.24) is 5.32 Å². The minimum absolute atomic E-state index is 0.367. The molecule has 1 aliphatic rings. The molecule has 0 aliphatic heterocycles. The Balaban J connectivity index is 1.98. The fourth-order valence-corrected chi connectivity index (χ4v) is 3.15. The largest absolute Gasteiger partial charge is 0.490 e. The van der Waals surface area contributed by atoms with Crippen molar-refractivity contribution in [3.63, 3.8) is 0 Å². The van der Waals surface area contributed by atoms with Crippen LogP contribution in [0.4, 0.5) is 0 Å². The molecule has 2 rings (SSSR count). The van der Waals surface area contributed by atoms with E-state index in [1.165, 1.54) is 32.1 Å². The molecule has 0 spiro atoms. The van der Waals surface area contributed by atoms with Crippen molar-refractivity contribution in [1.29, 1.82) is 0 Å². The fourth-order valence-electron chi connectivity index (χ4n) is 2.95. The first-order valence-electron chi connectivity index (χ1n) is 8.27. The van der Waals surface area contributed by atoms with Crippen molar-refractivity contribution >= 4 is 11.6 Å². The van der Waals surface area contributed by atoms with E-state index in [-0.39, 0.29) is 0 Å². The Bertz CT molecular complexity index is 439. The summed E-state index contributed by atoms with van der Waals surface area (Å²) in [6.07, 6.45) is 6.63. The lowest BCUT2D eigenvalue weighted by Gasteiger charge is -2.29. The molecule has 1 N–H and O–H groups in total. The van der Waals surface area contributed by atoms with E-state index in [0.29, 0.717) is 12.1 Å². The van der Waals surface area contributed by atoms with Crippen LogP contribution >= 0.6 is 11.6 Å². The van der Waals surface area contributed by atoms with Crippen LogP contribution in [0.2, 0.25) is 5.02 Å². The molecular weight excluding hydrogens is 282 g/mol. The molecule has 0 amide bonds. The molecule has 1 saturated carbocycles. The summed E-state index contributed by atoms with van der Waals surface area (Å²) in [5.74, 6) is 1.89. The third kappa shape index (κ3) is 5.19. The summed E-state index contributed by atoms with van der Waals surface area (Å²) >= 11 is 6.13. The number of hydrogen-bond donors (Lipinski definition) is 1. The van der Waals surface area contributed by atoms with Crippen LogP contribution in [-0.4, -0.2) is 12.1 Å². The number of hydrogen-bond acceptors (Lipinski definition) is 2. The van der Waals surface area contributed by atoms with Gasteiger partial charge in [-0.1, -0.05) is 38.8 Å². The van der Waals surface area contributed by atoms with Crippen LogP contribution in [0.5, 0.6) is 5.75 Å². The summed E-state index contributed by atoms with van der Waals surface area (Å²) in [5, 5.41) is 4.22. The zero-order chi connectivity index (χ0) is 15.2. The molecule has 2 nitrogen and oxygen atoms in total. The van der Waals surface area contributed by atoms with Crippen LogP contribution in [0.15, 0.2) is 18.2 Å². The van der Waals surface area contributed by atoms with E-state index in [0.717, 1.165) is 28.8 Å². The predicted octanol–water partition coefficient (Wildman–Crippen LogP) is 5.19. The van der Waals surface area contributed by atoms with Crippen molar-refractivity contribution in [3.8, 4) is 5.75 Å². The molecule has 1 aromatic rings. The highest BCUT2D eigenvalue weighted by molar-refractivity contribution is 6.30. The third-order valence-corrected chi connectivity index (χ3v) is 4.62. The molecule has 0 bridgehead atoms. The Kier molecular flexibility index (Phi) is 6.38. The van der Waals surface area contributed by atoms with Gasteiger partial charge in [0.1, 0.15) is 5.75 Å². The number of nitrogens with one attached hydrogen (secondary N) is 1. The van der Waals surface area contributed by atoms with Gasteiger partial charge in [-0.2, -0.15) is 0 Å². The molecule has 1 fully saturated rings. The summed E-state index contributed by atoms with van der Waals surface area (Å²) in [4.78, 5) is 0. The van der Waals surface area contributed by atoms with Gasteiger partial charge in [-0.25, -0.2) is 0 Å². The van der Waals surface area contributed by atoms with Gasteiger partial charge in [0.2, 0.25) is 0 Å². The Morgan fingerprint density at radius 3 is 2.57 bits per heavy atom. The molecule has 118 valence electrons. The standard InChI is InChI=1S/C18H28ClNO/c1-4-14-5-8-17(9-6-14)21-18-10-7-16(19)11-15(18)12-20-13(2)3/h7,10-11,13-14,17,20H,4-6,8-9,12H2,1-3H3. The zero-order valence-corrected chi connectivity index (χ0v) is 14.2. The van der Waals surface area contributed by atoms with Crippen LogP contribution < -0.4 is 10.1 Å². The average molecular weight is 310 g/mol. The van der Waals surface area contributed by atoms with E-state index in [4.69, 9.17) is 16.3 Å². The number of halogens is 1. The summed E-state index contributed by atoms with van der Waals surface area (Å²) in [7, 11) is 0. The van der Waals surface area contributed by atoms with Gasteiger partial charge in [-0.3, -0.25) is 0 Å². The van der Waals surface area contributed by atoms with Gasteiger partial charge in [0.05, 0.1) is 6.10 Å². The summed E-state index contributed by atoms with van der Waals surface area (Å²) < 4.78 is 6.27. The first-order chi connectivity index (χ1) is 10.1. The molecule has 0 radical (unpaired) electrons. The second-order valence-electron chi connectivity index (χ2n) is 6.46. The van der Waals surface area contributed by atoms with Gasteiger partial charge in [0.25, 0.3) is 0 Å². The Morgan fingerprint density at radius 2 is 1.95 bits per heavy atom. The Morgan fingerprint density at radius 1 is 1.24 bits per heavy atom. The number of ether oxygens (including phenoxy) is 1. The smallest absolute Gasteiger partial charge is 0.124 e. The van der Waals surface area contributed by atoms with Crippen molar-refractivity contribution in [2.24, 2.45) is 5.92 Å². The zero-order valence-electron chi connectivity index (χ0n) is 13.5. The SMILES string of the molecule is CCC1CCC(Oc2ccc(Cl)cc2CNC(C)C)CC1. The minimum Gasteiger partial charge on any atom is -0.490 e. The maximum absolute atomic E-state index is 6.27. The Hall–Kier alpha value is -0.730. The van der Waals surface area contributed by atoms with Crippen LogP contribution in [0.3, 0.4) is 0 Å². The second kappa shape index (κ2) is 8.05. The molecule has 21 heavy (non-hydrogen) atoms. The quantitative estimate of drug-likeness (QED) is 0.781. The molecular formula is C18H28ClNO. The van der Waals surface area contributed by atoms with E-state index < -0.39 is 0 Å². The van der Waals surface area contributed by atoms with E-state index in [1.807, 2.05) is 18.2 Å². The van der Waals surface area contributed by atoms with Gasteiger partial charge < -0.3 is 10.1 Å². The number of benzene rings is 1. The normalized spacial score (nSPS) is 22.5. The van der Waals surface area contributed by atoms with E-state index in [1.54, 1.807) is 0 Å². The summed E-state index contributed by atoms with van der Waals surface area (Å²) in [6.45, 7) is 7.40. The number of rotatable bonds is 6. The van der Waals surface area contributed by atoms with Crippen LogP contribution in [-0.2, 0) is 6.54 Å². The highest BCUT2D eigenvalue weighted by atomic mass is 35.5. The second-order valence-corrected chi connectivity index (χ2v) is 6.89. The predicted molar refractivity (Wildman–Crippen MR) is 90.1 cm³/mol. The molecule has 1 aliphatic carbocycles. The molecule has 3 heteroatoms. The summed E-state index contributed by atoms with van der Waals surface area (Å²) in [5.41, 5.74) is 1.16. The third-order valence-electron chi connectivity index (χ3n) is 4.39. The van der Waals surface area contributed by atoms with Crippen LogP contribution in [0.1, 0.15) is 58.4 Å². The maximum Gasteiger partial charge on any atom is 0.124 e. The lowest BCUT2D eigenvalue weighted by Crippen LogP contribution is -2.26. The van der Waals surface area contributed by atoms with Gasteiger partial charge >= 0.3 is 0 Å². The van der Waals surface area contributed by atoms with E-state index >= 15 is 0 Å². The summed E-state index contributed by atoms with van der Waals surface area (Å²) in [6, 6.07) is 6.42. The van der Waals surface area contributed by atoms with Crippen molar-refractivity contribution in [2.75, 3.05) is 0 Å².